The predicted molar refractivity (Wildman–Crippen MR) is 108 cm³/mol. The number of thiocarbonyl (C=S) groups is 1. The van der Waals surface area contributed by atoms with Crippen LogP contribution < -0.4 is 10.6 Å². The number of anilines is 1. The molecule has 2 N–H and O–H groups in total. The van der Waals surface area contributed by atoms with E-state index in [1.54, 1.807) is 12.1 Å². The number of nitrogens with zero attached hydrogens (tertiary/aromatic N) is 2. The van der Waals surface area contributed by atoms with Crippen LogP contribution in [-0.4, -0.2) is 34.1 Å². The monoisotopic (exact) mass is 394 g/mol. The van der Waals surface area contributed by atoms with Crippen LogP contribution in [0.4, 0.5) is 5.69 Å². The molecule has 1 aromatic heterocycles. The van der Waals surface area contributed by atoms with Gasteiger partial charge in [-0.2, -0.15) is 0 Å². The number of aromatic nitrogens is 1. The Morgan fingerprint density at radius 2 is 2.00 bits per heavy atom. The highest BCUT2D eigenvalue weighted by Crippen LogP contribution is 2.25. The third-order valence-corrected chi connectivity index (χ3v) is 4.98. The maximum absolute atomic E-state index is 6.17. The molecule has 1 aliphatic heterocycles. The zero-order valence-electron chi connectivity index (χ0n) is 13.7. The fourth-order valence-corrected chi connectivity index (χ4v) is 3.62. The highest BCUT2D eigenvalue weighted by atomic mass is 35.5. The van der Waals surface area contributed by atoms with E-state index in [2.05, 4.69) is 26.6 Å². The van der Waals surface area contributed by atoms with Gasteiger partial charge in [0.25, 0.3) is 0 Å². The summed E-state index contributed by atoms with van der Waals surface area (Å²) in [5, 5.41) is 8.28. The summed E-state index contributed by atoms with van der Waals surface area (Å²) in [6.07, 6.45) is 3.93. The number of hydrogen-bond donors (Lipinski definition) is 2. The van der Waals surface area contributed by atoms with E-state index in [0.717, 1.165) is 43.9 Å². The van der Waals surface area contributed by atoms with Gasteiger partial charge in [0.05, 0.1) is 16.4 Å². The van der Waals surface area contributed by atoms with Crippen molar-refractivity contribution in [1.82, 2.24) is 15.2 Å². The fraction of sp³-hybridized carbons (Fsp3) is 0.333. The number of nitrogens with one attached hydrogen (secondary N) is 2. The molecule has 1 fully saturated rings. The van der Waals surface area contributed by atoms with Crippen molar-refractivity contribution in [3.8, 4) is 0 Å². The van der Waals surface area contributed by atoms with Crippen LogP contribution >= 0.6 is 35.4 Å². The molecule has 4 nitrogen and oxygen atoms in total. The van der Waals surface area contributed by atoms with Crippen molar-refractivity contribution in [2.45, 2.75) is 25.4 Å². The first kappa shape index (κ1) is 18.4. The number of piperidine rings is 1. The van der Waals surface area contributed by atoms with E-state index in [4.69, 9.17) is 35.4 Å². The highest BCUT2D eigenvalue weighted by Gasteiger charge is 2.20. The lowest BCUT2D eigenvalue weighted by atomic mass is 10.1. The first-order valence-electron chi connectivity index (χ1n) is 8.25. The Morgan fingerprint density at radius 3 is 2.68 bits per heavy atom. The standard InChI is InChI=1S/C18H20Cl2N4S/c19-13-4-5-17(16(20)11-13)23-18(25)22-14-6-9-24(10-7-14)12-15-3-1-2-8-21-15/h1-5,8,11,14H,6-7,9-10,12H2,(H2,22,23,25). The molecule has 25 heavy (non-hydrogen) atoms. The average molecular weight is 395 g/mol. The molecule has 0 atom stereocenters. The van der Waals surface area contributed by atoms with Crippen LogP contribution in [0, 0.1) is 0 Å². The molecule has 0 amide bonds. The molecule has 0 bridgehead atoms. The highest BCUT2D eigenvalue weighted by molar-refractivity contribution is 7.80. The van der Waals surface area contributed by atoms with Crippen molar-refractivity contribution in [1.29, 1.82) is 0 Å². The van der Waals surface area contributed by atoms with Crippen LogP contribution in [0.5, 0.6) is 0 Å². The summed E-state index contributed by atoms with van der Waals surface area (Å²) in [6.45, 7) is 2.95. The number of likely N-dealkylation sites (tertiary alicyclic amines) is 1. The molecule has 7 heteroatoms. The van der Waals surface area contributed by atoms with Crippen molar-refractivity contribution in [3.05, 3.63) is 58.3 Å². The maximum Gasteiger partial charge on any atom is 0.171 e. The van der Waals surface area contributed by atoms with E-state index in [-0.39, 0.29) is 0 Å². The number of halogens is 2. The quantitative estimate of drug-likeness (QED) is 0.754. The maximum atomic E-state index is 6.17. The van der Waals surface area contributed by atoms with Crippen molar-refractivity contribution >= 4 is 46.2 Å². The smallest absolute Gasteiger partial charge is 0.171 e. The minimum Gasteiger partial charge on any atom is -0.360 e. The van der Waals surface area contributed by atoms with Crippen LogP contribution in [0.1, 0.15) is 18.5 Å². The van der Waals surface area contributed by atoms with Crippen LogP contribution in [-0.2, 0) is 6.54 Å². The van der Waals surface area contributed by atoms with Gasteiger partial charge in [0.1, 0.15) is 0 Å². The lowest BCUT2D eigenvalue weighted by Gasteiger charge is -2.32. The van der Waals surface area contributed by atoms with Crippen molar-refractivity contribution in [2.75, 3.05) is 18.4 Å². The molecule has 0 unspecified atom stereocenters. The normalized spacial score (nSPS) is 15.8. The van der Waals surface area contributed by atoms with E-state index in [0.29, 0.717) is 21.2 Å². The average Bonchev–Trinajstić information content (AvgIpc) is 2.60. The second kappa shape index (κ2) is 8.81. The summed E-state index contributed by atoms with van der Waals surface area (Å²) in [7, 11) is 0. The van der Waals surface area contributed by atoms with Gasteiger partial charge >= 0.3 is 0 Å². The first-order chi connectivity index (χ1) is 12.1. The Morgan fingerprint density at radius 1 is 1.20 bits per heavy atom. The van der Waals surface area contributed by atoms with E-state index < -0.39 is 0 Å². The van der Waals surface area contributed by atoms with Gasteiger partial charge in [-0.05, 0) is 55.4 Å². The number of hydrogen-bond acceptors (Lipinski definition) is 3. The Bertz CT molecular complexity index is 718. The predicted octanol–water partition coefficient (Wildman–Crippen LogP) is 4.34. The van der Waals surface area contributed by atoms with Crippen LogP contribution in [0.15, 0.2) is 42.6 Å². The van der Waals surface area contributed by atoms with Crippen LogP contribution in [0.3, 0.4) is 0 Å². The third-order valence-electron chi connectivity index (χ3n) is 4.21. The van der Waals surface area contributed by atoms with Crippen molar-refractivity contribution in [2.24, 2.45) is 0 Å². The van der Waals surface area contributed by atoms with Gasteiger partial charge in [-0.25, -0.2) is 0 Å². The van der Waals surface area contributed by atoms with E-state index in [1.165, 1.54) is 0 Å². The molecular formula is C18H20Cl2N4S. The van der Waals surface area contributed by atoms with Gasteiger partial charge in [-0.3, -0.25) is 9.88 Å². The second-order valence-corrected chi connectivity index (χ2v) is 7.35. The van der Waals surface area contributed by atoms with Gasteiger partial charge in [-0.1, -0.05) is 29.3 Å². The molecule has 1 aromatic carbocycles. The topological polar surface area (TPSA) is 40.2 Å². The van der Waals surface area contributed by atoms with Crippen molar-refractivity contribution < 1.29 is 0 Å². The summed E-state index contributed by atoms with van der Waals surface area (Å²) in [6, 6.07) is 11.7. The summed E-state index contributed by atoms with van der Waals surface area (Å²) in [5.41, 5.74) is 1.87. The molecule has 0 radical (unpaired) electrons. The van der Waals surface area contributed by atoms with E-state index in [1.807, 2.05) is 24.4 Å². The third kappa shape index (κ3) is 5.54. The van der Waals surface area contributed by atoms with Gasteiger partial charge in [-0.15, -0.1) is 0 Å². The summed E-state index contributed by atoms with van der Waals surface area (Å²) < 4.78 is 0. The molecule has 2 aromatic rings. The Kier molecular flexibility index (Phi) is 6.48. The zero-order valence-corrected chi connectivity index (χ0v) is 16.0. The molecule has 0 saturated carbocycles. The van der Waals surface area contributed by atoms with E-state index >= 15 is 0 Å². The SMILES string of the molecule is S=C(Nc1ccc(Cl)cc1Cl)NC1CCN(Cc2ccccn2)CC1. The Labute approximate surface area is 163 Å². The van der Waals surface area contributed by atoms with Gasteiger partial charge in [0.15, 0.2) is 5.11 Å². The fourth-order valence-electron chi connectivity index (χ4n) is 2.89. The van der Waals surface area contributed by atoms with Crippen LogP contribution in [0.2, 0.25) is 10.0 Å². The molecule has 2 heterocycles. The molecule has 0 aliphatic carbocycles. The first-order valence-corrected chi connectivity index (χ1v) is 9.41. The largest absolute Gasteiger partial charge is 0.360 e. The Balaban J connectivity index is 1.44. The van der Waals surface area contributed by atoms with Crippen LogP contribution in [0.25, 0.3) is 0 Å². The second-order valence-electron chi connectivity index (χ2n) is 6.09. The number of pyridine rings is 1. The molecule has 1 saturated heterocycles. The number of rotatable bonds is 4. The summed E-state index contributed by atoms with van der Waals surface area (Å²) >= 11 is 17.5. The lowest BCUT2D eigenvalue weighted by Crippen LogP contribution is -2.45. The molecular weight excluding hydrogens is 375 g/mol. The minimum atomic E-state index is 0.367. The Hall–Kier alpha value is -1.40. The van der Waals surface area contributed by atoms with E-state index in [9.17, 15) is 0 Å². The zero-order chi connectivity index (χ0) is 17.6. The summed E-state index contributed by atoms with van der Waals surface area (Å²) in [4.78, 5) is 6.82. The lowest BCUT2D eigenvalue weighted by molar-refractivity contribution is 0.197. The van der Waals surface area contributed by atoms with Gasteiger partial charge in [0, 0.05) is 36.9 Å². The summed E-state index contributed by atoms with van der Waals surface area (Å²) in [5.74, 6) is 0. The minimum absolute atomic E-state index is 0.367. The molecule has 0 spiro atoms. The number of benzene rings is 1. The van der Waals surface area contributed by atoms with Gasteiger partial charge in [0.2, 0.25) is 0 Å². The molecule has 1 aliphatic rings. The van der Waals surface area contributed by atoms with Gasteiger partial charge < -0.3 is 10.6 Å². The molecule has 132 valence electrons. The van der Waals surface area contributed by atoms with Crippen molar-refractivity contribution in [3.63, 3.8) is 0 Å². The molecule has 3 rings (SSSR count).